The number of thioether (sulfide) groups is 1. The molecule has 0 amide bonds. The van der Waals surface area contributed by atoms with E-state index in [1.165, 1.54) is 36.0 Å². The summed E-state index contributed by atoms with van der Waals surface area (Å²) in [6.07, 6.45) is -1.17. The highest BCUT2D eigenvalue weighted by Crippen LogP contribution is 2.28. The number of nitro benzene ring substituents is 1. The maximum absolute atomic E-state index is 14.0. The summed E-state index contributed by atoms with van der Waals surface area (Å²) in [5.41, 5.74) is 0.406. The second-order valence-corrected chi connectivity index (χ2v) is 5.61. The third-order valence-electron chi connectivity index (χ3n) is 2.68. The van der Waals surface area contributed by atoms with Crippen molar-refractivity contribution in [3.63, 3.8) is 0 Å². The van der Waals surface area contributed by atoms with Crippen LogP contribution in [0, 0.1) is 10.1 Å². The first-order chi connectivity index (χ1) is 9.56. The summed E-state index contributed by atoms with van der Waals surface area (Å²) in [6, 6.07) is 12.7. The number of alkyl halides is 1. The van der Waals surface area contributed by atoms with E-state index < -0.39 is 11.1 Å². The van der Waals surface area contributed by atoms with Crippen LogP contribution in [0.25, 0.3) is 0 Å². The maximum atomic E-state index is 14.0. The first kappa shape index (κ1) is 14.8. The number of hydrogen-bond donors (Lipinski definition) is 0. The van der Waals surface area contributed by atoms with Crippen molar-refractivity contribution < 1.29 is 9.31 Å². The zero-order chi connectivity index (χ0) is 14.5. The minimum atomic E-state index is -1.17. The van der Waals surface area contributed by atoms with Crippen molar-refractivity contribution >= 4 is 29.1 Å². The normalized spacial score (nSPS) is 12.1. The Morgan fingerprint density at radius 1 is 1.15 bits per heavy atom. The molecule has 104 valence electrons. The zero-order valence-electron chi connectivity index (χ0n) is 10.3. The second-order valence-electron chi connectivity index (χ2n) is 4.08. The van der Waals surface area contributed by atoms with Crippen molar-refractivity contribution in [2.24, 2.45) is 0 Å². The number of nitro groups is 1. The average Bonchev–Trinajstić information content (AvgIpc) is 2.46. The highest BCUT2D eigenvalue weighted by Gasteiger charge is 2.12. The minimum absolute atomic E-state index is 0.0358. The smallest absolute Gasteiger partial charge is 0.258 e. The molecule has 2 rings (SSSR count). The van der Waals surface area contributed by atoms with Crippen molar-refractivity contribution in [3.8, 4) is 0 Å². The van der Waals surface area contributed by atoms with E-state index in [2.05, 4.69) is 0 Å². The molecule has 2 aromatic rings. The third kappa shape index (κ3) is 3.95. The Kier molecular flexibility index (Phi) is 4.98. The fraction of sp³-hybridized carbons (Fsp3) is 0.143. The van der Waals surface area contributed by atoms with Gasteiger partial charge in [-0.05, 0) is 42.0 Å². The predicted octanol–water partition coefficient (Wildman–Crippen LogP) is 5.05. The Morgan fingerprint density at radius 2 is 1.75 bits per heavy atom. The highest BCUT2D eigenvalue weighted by atomic mass is 35.5. The van der Waals surface area contributed by atoms with Gasteiger partial charge in [0.15, 0.2) is 0 Å². The molecule has 6 heteroatoms. The molecule has 0 aliphatic heterocycles. The summed E-state index contributed by atoms with van der Waals surface area (Å²) >= 11 is 7.15. The molecule has 1 unspecified atom stereocenters. The molecule has 0 spiro atoms. The van der Waals surface area contributed by atoms with Gasteiger partial charge in [-0.1, -0.05) is 11.6 Å². The molecule has 0 aliphatic rings. The van der Waals surface area contributed by atoms with Gasteiger partial charge in [0.1, 0.15) is 6.17 Å². The van der Waals surface area contributed by atoms with E-state index >= 15 is 0 Å². The molecule has 0 heterocycles. The molecular formula is C14H11ClFNO2S. The van der Waals surface area contributed by atoms with Crippen molar-refractivity contribution in [3.05, 3.63) is 69.2 Å². The lowest BCUT2D eigenvalue weighted by Gasteiger charge is -2.08. The second kappa shape index (κ2) is 6.72. The van der Waals surface area contributed by atoms with Crippen LogP contribution in [0.1, 0.15) is 11.7 Å². The molecule has 0 radical (unpaired) electrons. The maximum Gasteiger partial charge on any atom is 0.269 e. The number of non-ortho nitro benzene ring substituents is 1. The van der Waals surface area contributed by atoms with E-state index in [0.29, 0.717) is 10.6 Å². The van der Waals surface area contributed by atoms with Gasteiger partial charge in [-0.2, -0.15) is 0 Å². The summed E-state index contributed by atoms with van der Waals surface area (Å²) in [7, 11) is 0. The average molecular weight is 312 g/mol. The van der Waals surface area contributed by atoms with Crippen LogP contribution in [0.3, 0.4) is 0 Å². The van der Waals surface area contributed by atoms with Gasteiger partial charge in [0.2, 0.25) is 0 Å². The lowest BCUT2D eigenvalue weighted by atomic mass is 10.1. The summed E-state index contributed by atoms with van der Waals surface area (Å²) < 4.78 is 14.0. The molecule has 0 aliphatic carbocycles. The quantitative estimate of drug-likeness (QED) is 0.441. The Balaban J connectivity index is 1.95. The van der Waals surface area contributed by atoms with Gasteiger partial charge in [0.25, 0.3) is 5.69 Å². The van der Waals surface area contributed by atoms with Gasteiger partial charge in [0.05, 0.1) is 4.92 Å². The minimum Gasteiger partial charge on any atom is -0.258 e. The Morgan fingerprint density at radius 3 is 2.30 bits per heavy atom. The first-order valence-electron chi connectivity index (χ1n) is 5.83. The van der Waals surface area contributed by atoms with Crippen molar-refractivity contribution in [2.45, 2.75) is 11.1 Å². The standard InChI is InChI=1S/C14H11ClFNO2S/c15-11-3-7-13(8-4-11)20-9-14(16)10-1-5-12(6-2-10)17(18)19/h1-8,14H,9H2. The number of hydrogen-bond acceptors (Lipinski definition) is 3. The van der Waals surface area contributed by atoms with E-state index in [0.717, 1.165) is 4.90 Å². The largest absolute Gasteiger partial charge is 0.269 e. The molecular weight excluding hydrogens is 301 g/mol. The SMILES string of the molecule is O=[N+]([O-])c1ccc(C(F)CSc2ccc(Cl)cc2)cc1. The fourth-order valence-corrected chi connectivity index (χ4v) is 2.59. The Hall–Kier alpha value is -1.59. The molecule has 0 aromatic heterocycles. The molecule has 3 nitrogen and oxygen atoms in total. The van der Waals surface area contributed by atoms with Crippen molar-refractivity contribution in [1.82, 2.24) is 0 Å². The zero-order valence-corrected chi connectivity index (χ0v) is 11.9. The van der Waals surface area contributed by atoms with Crippen LogP contribution in [0.2, 0.25) is 5.02 Å². The van der Waals surface area contributed by atoms with E-state index in [4.69, 9.17) is 11.6 Å². The van der Waals surface area contributed by atoms with E-state index in [1.54, 1.807) is 12.1 Å². The summed E-state index contributed by atoms with van der Waals surface area (Å²) in [5, 5.41) is 11.2. The lowest BCUT2D eigenvalue weighted by molar-refractivity contribution is -0.384. The first-order valence-corrected chi connectivity index (χ1v) is 7.19. The summed E-state index contributed by atoms with van der Waals surface area (Å²) in [4.78, 5) is 10.9. The molecule has 0 N–H and O–H groups in total. The van der Waals surface area contributed by atoms with Crippen LogP contribution in [-0.2, 0) is 0 Å². The van der Waals surface area contributed by atoms with Gasteiger partial charge in [-0.3, -0.25) is 10.1 Å². The number of nitrogens with zero attached hydrogens (tertiary/aromatic N) is 1. The van der Waals surface area contributed by atoms with E-state index in [9.17, 15) is 14.5 Å². The van der Waals surface area contributed by atoms with Crippen LogP contribution >= 0.6 is 23.4 Å². The van der Waals surface area contributed by atoms with Crippen molar-refractivity contribution in [2.75, 3.05) is 5.75 Å². The third-order valence-corrected chi connectivity index (χ3v) is 3.99. The van der Waals surface area contributed by atoms with Gasteiger partial charge >= 0.3 is 0 Å². The predicted molar refractivity (Wildman–Crippen MR) is 79.1 cm³/mol. The molecule has 0 saturated heterocycles. The molecule has 2 aromatic carbocycles. The van der Waals surface area contributed by atoms with Crippen LogP contribution in [0.15, 0.2) is 53.4 Å². The number of benzene rings is 2. The summed E-state index contributed by atoms with van der Waals surface area (Å²) in [6.45, 7) is 0. The highest BCUT2D eigenvalue weighted by molar-refractivity contribution is 7.99. The van der Waals surface area contributed by atoms with E-state index in [-0.39, 0.29) is 11.4 Å². The monoisotopic (exact) mass is 311 g/mol. The lowest BCUT2D eigenvalue weighted by Crippen LogP contribution is -1.96. The van der Waals surface area contributed by atoms with Crippen molar-refractivity contribution in [1.29, 1.82) is 0 Å². The van der Waals surface area contributed by atoms with Gasteiger partial charge in [-0.25, -0.2) is 4.39 Å². The molecule has 1 atom stereocenters. The molecule has 0 bridgehead atoms. The van der Waals surface area contributed by atoms with Crippen LogP contribution < -0.4 is 0 Å². The Bertz CT molecular complexity index is 589. The molecule has 0 saturated carbocycles. The van der Waals surface area contributed by atoms with Crippen LogP contribution in [0.4, 0.5) is 10.1 Å². The van der Waals surface area contributed by atoms with Gasteiger partial charge in [0, 0.05) is 27.8 Å². The van der Waals surface area contributed by atoms with E-state index in [1.807, 2.05) is 12.1 Å². The number of rotatable bonds is 5. The van der Waals surface area contributed by atoms with Gasteiger partial charge in [-0.15, -0.1) is 11.8 Å². The Labute approximate surface area is 124 Å². The fourth-order valence-electron chi connectivity index (χ4n) is 1.60. The molecule has 0 fully saturated rings. The van der Waals surface area contributed by atoms with Crippen LogP contribution in [0.5, 0.6) is 0 Å². The number of halogens is 2. The topological polar surface area (TPSA) is 43.1 Å². The van der Waals surface area contributed by atoms with Crippen LogP contribution in [-0.4, -0.2) is 10.7 Å². The van der Waals surface area contributed by atoms with Gasteiger partial charge < -0.3 is 0 Å². The summed E-state index contributed by atoms with van der Waals surface area (Å²) in [5.74, 6) is 0.249. The molecule has 20 heavy (non-hydrogen) atoms.